The van der Waals surface area contributed by atoms with Gasteiger partial charge in [-0.3, -0.25) is 9.69 Å². The van der Waals surface area contributed by atoms with Gasteiger partial charge in [0.05, 0.1) is 31.8 Å². The first-order valence-electron chi connectivity index (χ1n) is 7.77. The van der Waals surface area contributed by atoms with Crippen LogP contribution in [-0.4, -0.2) is 72.4 Å². The fourth-order valence-electron chi connectivity index (χ4n) is 3.21. The summed E-state index contributed by atoms with van der Waals surface area (Å²) >= 11 is 5.98. The summed E-state index contributed by atoms with van der Waals surface area (Å²) in [6.07, 6.45) is -0.679. The zero-order valence-electron chi connectivity index (χ0n) is 12.8. The molecule has 126 valence electrons. The highest BCUT2D eigenvalue weighted by Crippen LogP contribution is 2.23. The molecule has 1 aromatic rings. The number of hydrogen-bond donors (Lipinski definition) is 1. The monoisotopic (exact) mass is 342 g/mol. The Hall–Kier alpha value is -1.21. The molecule has 0 saturated carbocycles. The van der Waals surface area contributed by atoms with Crippen LogP contribution >= 0.6 is 11.6 Å². The number of nitrogens with zero attached hydrogens (tertiary/aromatic N) is 2. The van der Waals surface area contributed by atoms with Gasteiger partial charge in [-0.2, -0.15) is 0 Å². The van der Waals surface area contributed by atoms with Crippen LogP contribution in [0.3, 0.4) is 0 Å². The summed E-state index contributed by atoms with van der Waals surface area (Å²) in [5.74, 6) is -0.692. The van der Waals surface area contributed by atoms with Crippen LogP contribution in [0, 0.1) is 5.82 Å². The van der Waals surface area contributed by atoms with E-state index in [1.807, 2.05) is 0 Å². The first kappa shape index (κ1) is 16.6. The minimum Gasteiger partial charge on any atom is -0.390 e. The van der Waals surface area contributed by atoms with Crippen molar-refractivity contribution in [3.63, 3.8) is 0 Å². The number of β-amino-alcohol motifs (C(OH)–C–C–N with tert-alkyl or cyclic N) is 1. The van der Waals surface area contributed by atoms with Gasteiger partial charge in [0.25, 0.3) is 0 Å². The molecule has 2 heterocycles. The predicted octanol–water partition coefficient (Wildman–Crippen LogP) is 0.925. The van der Waals surface area contributed by atoms with Gasteiger partial charge >= 0.3 is 0 Å². The standard InChI is InChI=1S/C16H20ClFN2O3/c17-12-2-1-3-13(18)11(12)8-16(22)20-9-14(15(21)10-20)19-4-6-23-7-5-19/h1-3,14-15,21H,4-10H2/t14-,15-/m0/s1. The largest absolute Gasteiger partial charge is 0.390 e. The van der Waals surface area contributed by atoms with Crippen LogP contribution in [0.15, 0.2) is 18.2 Å². The molecule has 0 radical (unpaired) electrons. The molecule has 1 N–H and O–H groups in total. The highest BCUT2D eigenvalue weighted by atomic mass is 35.5. The Morgan fingerprint density at radius 2 is 2.09 bits per heavy atom. The molecule has 2 aliphatic heterocycles. The summed E-state index contributed by atoms with van der Waals surface area (Å²) in [5.41, 5.74) is 0.212. The van der Waals surface area contributed by atoms with Crippen molar-refractivity contribution in [3.8, 4) is 0 Å². The van der Waals surface area contributed by atoms with Crippen LogP contribution in [0.5, 0.6) is 0 Å². The number of halogens is 2. The van der Waals surface area contributed by atoms with Crippen LogP contribution in [-0.2, 0) is 16.0 Å². The zero-order valence-corrected chi connectivity index (χ0v) is 13.5. The average Bonchev–Trinajstić information content (AvgIpc) is 2.94. The number of amides is 1. The third-order valence-corrected chi connectivity index (χ3v) is 4.87. The van der Waals surface area contributed by atoms with E-state index in [4.69, 9.17) is 16.3 Å². The van der Waals surface area contributed by atoms with Crippen molar-refractivity contribution in [2.45, 2.75) is 18.6 Å². The lowest BCUT2D eigenvalue weighted by Gasteiger charge is -2.33. The number of rotatable bonds is 3. The minimum atomic E-state index is -0.590. The maximum atomic E-state index is 13.8. The van der Waals surface area contributed by atoms with E-state index in [-0.39, 0.29) is 35.5 Å². The normalized spacial score (nSPS) is 25.8. The number of hydrogen-bond acceptors (Lipinski definition) is 4. The summed E-state index contributed by atoms with van der Waals surface area (Å²) in [6.45, 7) is 3.51. The Morgan fingerprint density at radius 1 is 1.35 bits per heavy atom. The van der Waals surface area contributed by atoms with E-state index in [2.05, 4.69) is 4.90 Å². The highest BCUT2D eigenvalue weighted by Gasteiger charge is 2.38. The van der Waals surface area contributed by atoms with Gasteiger partial charge in [0.2, 0.25) is 5.91 Å². The van der Waals surface area contributed by atoms with E-state index in [9.17, 15) is 14.3 Å². The van der Waals surface area contributed by atoms with Crippen LogP contribution in [0.25, 0.3) is 0 Å². The molecule has 0 spiro atoms. The summed E-state index contributed by atoms with van der Waals surface area (Å²) < 4.78 is 19.1. The van der Waals surface area contributed by atoms with Crippen molar-refractivity contribution in [1.29, 1.82) is 0 Å². The van der Waals surface area contributed by atoms with Gasteiger partial charge in [-0.1, -0.05) is 17.7 Å². The number of morpholine rings is 1. The fourth-order valence-corrected chi connectivity index (χ4v) is 3.44. The van der Waals surface area contributed by atoms with Crippen LogP contribution in [0.2, 0.25) is 5.02 Å². The van der Waals surface area contributed by atoms with E-state index in [0.29, 0.717) is 19.8 Å². The second-order valence-corrected chi connectivity index (χ2v) is 6.37. The first-order valence-corrected chi connectivity index (χ1v) is 8.14. The van der Waals surface area contributed by atoms with Gasteiger partial charge in [0, 0.05) is 36.8 Å². The minimum absolute atomic E-state index is 0.0843. The summed E-state index contributed by atoms with van der Waals surface area (Å²) in [6, 6.07) is 4.30. The van der Waals surface area contributed by atoms with Gasteiger partial charge < -0.3 is 14.7 Å². The van der Waals surface area contributed by atoms with Gasteiger partial charge in [0.1, 0.15) is 5.82 Å². The lowest BCUT2D eigenvalue weighted by atomic mass is 10.1. The molecule has 0 aliphatic carbocycles. The molecular formula is C16H20ClFN2O3. The number of carbonyl (C=O) groups excluding carboxylic acids is 1. The molecule has 23 heavy (non-hydrogen) atoms. The first-order chi connectivity index (χ1) is 11.1. The SMILES string of the molecule is O=C(Cc1c(F)cccc1Cl)N1C[C@H](O)[C@@H](N2CCOCC2)C1. The highest BCUT2D eigenvalue weighted by molar-refractivity contribution is 6.31. The second kappa shape index (κ2) is 7.13. The van der Waals surface area contributed by atoms with E-state index in [1.165, 1.54) is 12.1 Å². The third-order valence-electron chi connectivity index (χ3n) is 4.52. The number of likely N-dealkylation sites (tertiary alicyclic amines) is 1. The molecule has 0 aromatic heterocycles. The van der Waals surface area contributed by atoms with E-state index in [0.717, 1.165) is 13.1 Å². The molecule has 7 heteroatoms. The van der Waals surface area contributed by atoms with Crippen LogP contribution in [0.4, 0.5) is 4.39 Å². The molecule has 0 unspecified atom stereocenters. The smallest absolute Gasteiger partial charge is 0.227 e. The topological polar surface area (TPSA) is 53.0 Å². The summed E-state index contributed by atoms with van der Waals surface area (Å²) in [4.78, 5) is 16.2. The second-order valence-electron chi connectivity index (χ2n) is 5.96. The van der Waals surface area contributed by atoms with Gasteiger partial charge in [-0.15, -0.1) is 0 Å². The Kier molecular flexibility index (Phi) is 5.16. The number of aliphatic hydroxyl groups excluding tert-OH is 1. The predicted molar refractivity (Wildman–Crippen MR) is 83.9 cm³/mol. The Balaban J connectivity index is 1.64. The lowest BCUT2D eigenvalue weighted by molar-refractivity contribution is -0.129. The van der Waals surface area contributed by atoms with Crippen molar-refractivity contribution in [2.75, 3.05) is 39.4 Å². The molecule has 1 amide bonds. The Morgan fingerprint density at radius 3 is 2.78 bits per heavy atom. The molecule has 2 fully saturated rings. The van der Waals surface area contributed by atoms with E-state index < -0.39 is 11.9 Å². The molecule has 1 aromatic carbocycles. The van der Waals surface area contributed by atoms with Crippen molar-refractivity contribution in [2.24, 2.45) is 0 Å². The molecule has 3 rings (SSSR count). The maximum absolute atomic E-state index is 13.8. The van der Waals surface area contributed by atoms with Gasteiger partial charge in [-0.25, -0.2) is 4.39 Å². The van der Waals surface area contributed by atoms with Crippen molar-refractivity contribution < 1.29 is 19.0 Å². The van der Waals surface area contributed by atoms with Crippen molar-refractivity contribution >= 4 is 17.5 Å². The van der Waals surface area contributed by atoms with E-state index in [1.54, 1.807) is 11.0 Å². The van der Waals surface area contributed by atoms with Crippen LogP contribution in [0.1, 0.15) is 5.56 Å². The fraction of sp³-hybridized carbons (Fsp3) is 0.562. The molecule has 2 atom stereocenters. The van der Waals surface area contributed by atoms with Gasteiger partial charge in [0.15, 0.2) is 0 Å². The Bertz CT molecular complexity index is 560. The molecule has 0 bridgehead atoms. The summed E-state index contributed by atoms with van der Waals surface area (Å²) in [7, 11) is 0. The number of aliphatic hydroxyl groups is 1. The lowest BCUT2D eigenvalue weighted by Crippen LogP contribution is -2.49. The molecule has 5 nitrogen and oxygen atoms in total. The van der Waals surface area contributed by atoms with Crippen molar-refractivity contribution in [1.82, 2.24) is 9.80 Å². The number of ether oxygens (including phenoxy) is 1. The van der Waals surface area contributed by atoms with Crippen LogP contribution < -0.4 is 0 Å². The molecule has 2 aliphatic rings. The quantitative estimate of drug-likeness (QED) is 0.887. The number of carbonyl (C=O) groups is 1. The third kappa shape index (κ3) is 3.66. The number of benzene rings is 1. The zero-order chi connectivity index (χ0) is 16.4. The molecular weight excluding hydrogens is 323 g/mol. The summed E-state index contributed by atoms with van der Waals surface area (Å²) in [5, 5.41) is 10.5. The maximum Gasteiger partial charge on any atom is 0.227 e. The van der Waals surface area contributed by atoms with Gasteiger partial charge in [-0.05, 0) is 12.1 Å². The average molecular weight is 343 g/mol. The van der Waals surface area contributed by atoms with Crippen molar-refractivity contribution in [3.05, 3.63) is 34.6 Å². The Labute approximate surface area is 139 Å². The van der Waals surface area contributed by atoms with E-state index >= 15 is 0 Å². The molecule has 2 saturated heterocycles.